The first-order chi connectivity index (χ1) is 7.75. The molecule has 0 aromatic carbocycles. The molecule has 17 heavy (non-hydrogen) atoms. The minimum absolute atomic E-state index is 0.777. The van der Waals surface area contributed by atoms with Crippen LogP contribution < -0.4 is 0 Å². The predicted molar refractivity (Wildman–Crippen MR) is 84.5 cm³/mol. The quantitative estimate of drug-likeness (QED) is 0.496. The Kier molecular flexibility index (Phi) is 8.73. The molecule has 4 atom stereocenters. The van der Waals surface area contributed by atoms with Gasteiger partial charge in [0.2, 0.25) is 0 Å². The topological polar surface area (TPSA) is 0 Å². The molecule has 0 amide bonds. The van der Waals surface area contributed by atoms with Crippen molar-refractivity contribution in [2.45, 2.75) is 73.4 Å². The monoisotopic (exact) mass is 258 g/mol. The summed E-state index contributed by atoms with van der Waals surface area (Å²) in [5, 5.41) is 0. The van der Waals surface area contributed by atoms with Gasteiger partial charge in [0.1, 0.15) is 0 Å². The zero-order valence-corrected chi connectivity index (χ0v) is 14.3. The molecule has 1 heteroatoms. The molecule has 0 aliphatic heterocycles. The van der Waals surface area contributed by atoms with Crippen LogP contribution in [-0.2, 0) is 0 Å². The SMILES string of the molecule is CC(C)CCC(C)C(CC(C)C)C(P)C(C)C. The molecule has 0 nitrogen and oxygen atoms in total. The summed E-state index contributed by atoms with van der Waals surface area (Å²) in [4.78, 5) is 0. The van der Waals surface area contributed by atoms with E-state index in [4.69, 9.17) is 0 Å². The van der Waals surface area contributed by atoms with E-state index in [0.717, 1.165) is 35.2 Å². The van der Waals surface area contributed by atoms with Crippen molar-refractivity contribution in [3.63, 3.8) is 0 Å². The fourth-order valence-electron chi connectivity index (χ4n) is 2.62. The summed E-state index contributed by atoms with van der Waals surface area (Å²) in [5.41, 5.74) is 0.777. The molecule has 0 saturated carbocycles. The second-order valence-corrected chi connectivity index (χ2v) is 7.83. The van der Waals surface area contributed by atoms with Crippen LogP contribution in [0, 0.1) is 29.6 Å². The third-order valence-electron chi connectivity index (χ3n) is 3.94. The fourth-order valence-corrected chi connectivity index (χ4v) is 3.15. The van der Waals surface area contributed by atoms with Crippen molar-refractivity contribution >= 4 is 9.24 Å². The molecule has 0 aromatic rings. The molecule has 0 bridgehead atoms. The maximum Gasteiger partial charge on any atom is -0.0210 e. The molecule has 0 heterocycles. The highest BCUT2D eigenvalue weighted by molar-refractivity contribution is 7.17. The van der Waals surface area contributed by atoms with Crippen molar-refractivity contribution in [3.8, 4) is 0 Å². The van der Waals surface area contributed by atoms with Gasteiger partial charge in [-0.2, -0.15) is 0 Å². The van der Waals surface area contributed by atoms with Gasteiger partial charge in [-0.3, -0.25) is 0 Å². The Morgan fingerprint density at radius 1 is 0.765 bits per heavy atom. The summed E-state index contributed by atoms with van der Waals surface area (Å²) in [6, 6.07) is 0. The van der Waals surface area contributed by atoms with Gasteiger partial charge in [-0.05, 0) is 41.7 Å². The second kappa shape index (κ2) is 8.52. The van der Waals surface area contributed by atoms with E-state index in [-0.39, 0.29) is 0 Å². The van der Waals surface area contributed by atoms with E-state index < -0.39 is 0 Å². The van der Waals surface area contributed by atoms with E-state index in [1.54, 1.807) is 0 Å². The Balaban J connectivity index is 4.44. The second-order valence-electron chi connectivity index (χ2n) is 7.06. The summed E-state index contributed by atoms with van der Waals surface area (Å²) in [6.45, 7) is 16.6. The van der Waals surface area contributed by atoms with E-state index in [1.807, 2.05) is 0 Å². The van der Waals surface area contributed by atoms with Crippen LogP contribution in [0.5, 0.6) is 0 Å². The normalized spacial score (nSPS) is 17.8. The molecule has 0 saturated heterocycles. The van der Waals surface area contributed by atoms with E-state index in [0.29, 0.717) is 0 Å². The summed E-state index contributed by atoms with van der Waals surface area (Å²) in [6.07, 6.45) is 4.16. The lowest BCUT2D eigenvalue weighted by molar-refractivity contribution is 0.242. The highest BCUT2D eigenvalue weighted by Gasteiger charge is 2.26. The van der Waals surface area contributed by atoms with Gasteiger partial charge in [0.25, 0.3) is 0 Å². The largest absolute Gasteiger partial charge is 0.134 e. The van der Waals surface area contributed by atoms with E-state index >= 15 is 0 Å². The Morgan fingerprint density at radius 3 is 1.65 bits per heavy atom. The molecule has 0 aromatic heterocycles. The van der Waals surface area contributed by atoms with Gasteiger partial charge in [0, 0.05) is 0 Å². The van der Waals surface area contributed by atoms with Crippen LogP contribution in [0.25, 0.3) is 0 Å². The number of rotatable bonds is 8. The maximum atomic E-state index is 3.12. The highest BCUT2D eigenvalue weighted by Crippen LogP contribution is 2.35. The lowest BCUT2D eigenvalue weighted by atomic mass is 9.78. The van der Waals surface area contributed by atoms with Gasteiger partial charge in [0.15, 0.2) is 0 Å². The lowest BCUT2D eigenvalue weighted by Gasteiger charge is -2.33. The minimum atomic E-state index is 0.777. The Bertz CT molecular complexity index is 184. The minimum Gasteiger partial charge on any atom is -0.134 e. The zero-order chi connectivity index (χ0) is 13.6. The number of hydrogen-bond donors (Lipinski definition) is 0. The zero-order valence-electron chi connectivity index (χ0n) is 13.2. The number of hydrogen-bond acceptors (Lipinski definition) is 0. The first-order valence-electron chi connectivity index (χ1n) is 7.51. The van der Waals surface area contributed by atoms with Crippen molar-refractivity contribution in [1.29, 1.82) is 0 Å². The fraction of sp³-hybridized carbons (Fsp3) is 1.00. The summed E-state index contributed by atoms with van der Waals surface area (Å²) in [5.74, 6) is 4.19. The molecule has 0 spiro atoms. The Hall–Kier alpha value is 0.430. The standard InChI is InChI=1S/C16H35P/c1-11(2)8-9-14(7)15(10-12(3)4)16(17)13(5)6/h11-16H,8-10,17H2,1-7H3. The van der Waals surface area contributed by atoms with Gasteiger partial charge >= 0.3 is 0 Å². The molecule has 104 valence electrons. The summed E-state index contributed by atoms with van der Waals surface area (Å²) < 4.78 is 0. The van der Waals surface area contributed by atoms with Crippen LogP contribution >= 0.6 is 9.24 Å². The Morgan fingerprint density at radius 2 is 1.29 bits per heavy atom. The molecule has 0 aliphatic rings. The molecule has 4 unspecified atom stereocenters. The van der Waals surface area contributed by atoms with Crippen molar-refractivity contribution in [1.82, 2.24) is 0 Å². The van der Waals surface area contributed by atoms with Gasteiger partial charge in [-0.15, -0.1) is 9.24 Å². The summed E-state index contributed by atoms with van der Waals surface area (Å²) >= 11 is 0. The van der Waals surface area contributed by atoms with Crippen molar-refractivity contribution in [2.75, 3.05) is 0 Å². The average Bonchev–Trinajstić information content (AvgIpc) is 2.21. The molecule has 0 fully saturated rings. The van der Waals surface area contributed by atoms with Crippen LogP contribution in [-0.4, -0.2) is 5.66 Å². The predicted octanol–water partition coefficient (Wildman–Crippen LogP) is 5.62. The molecule has 0 rings (SSSR count). The highest BCUT2D eigenvalue weighted by atomic mass is 31.0. The summed E-state index contributed by atoms with van der Waals surface area (Å²) in [7, 11) is 3.12. The first-order valence-corrected chi connectivity index (χ1v) is 8.17. The van der Waals surface area contributed by atoms with Gasteiger partial charge in [-0.1, -0.05) is 61.3 Å². The van der Waals surface area contributed by atoms with Crippen molar-refractivity contribution in [3.05, 3.63) is 0 Å². The lowest BCUT2D eigenvalue weighted by Crippen LogP contribution is -2.27. The molecular weight excluding hydrogens is 223 g/mol. The third-order valence-corrected chi connectivity index (χ3v) is 5.20. The van der Waals surface area contributed by atoms with E-state index in [2.05, 4.69) is 57.7 Å². The van der Waals surface area contributed by atoms with Crippen LogP contribution in [0.15, 0.2) is 0 Å². The molecule has 0 radical (unpaired) electrons. The average molecular weight is 258 g/mol. The van der Waals surface area contributed by atoms with Crippen LogP contribution in [0.2, 0.25) is 0 Å². The molecule has 0 aliphatic carbocycles. The van der Waals surface area contributed by atoms with E-state index in [9.17, 15) is 0 Å². The maximum absolute atomic E-state index is 3.12. The van der Waals surface area contributed by atoms with Crippen molar-refractivity contribution in [2.24, 2.45) is 29.6 Å². The van der Waals surface area contributed by atoms with E-state index in [1.165, 1.54) is 19.3 Å². The van der Waals surface area contributed by atoms with Crippen LogP contribution in [0.3, 0.4) is 0 Å². The van der Waals surface area contributed by atoms with Crippen molar-refractivity contribution < 1.29 is 0 Å². The molecule has 0 N–H and O–H groups in total. The van der Waals surface area contributed by atoms with Gasteiger partial charge in [0.05, 0.1) is 0 Å². The van der Waals surface area contributed by atoms with Crippen LogP contribution in [0.4, 0.5) is 0 Å². The smallest absolute Gasteiger partial charge is 0.0210 e. The Labute approximate surface area is 113 Å². The molecular formula is C16H35P. The third kappa shape index (κ3) is 7.45. The van der Waals surface area contributed by atoms with Gasteiger partial charge < -0.3 is 0 Å². The van der Waals surface area contributed by atoms with Crippen LogP contribution in [0.1, 0.15) is 67.7 Å². The first kappa shape index (κ1) is 17.4. The van der Waals surface area contributed by atoms with Gasteiger partial charge in [-0.25, -0.2) is 0 Å².